The normalized spacial score (nSPS) is 10.6. The van der Waals surface area contributed by atoms with Crippen molar-refractivity contribution in [2.24, 2.45) is 0 Å². The second-order valence-corrected chi connectivity index (χ2v) is 6.36. The fraction of sp³-hybridized carbons (Fsp3) is 0.0833. The summed E-state index contributed by atoms with van der Waals surface area (Å²) in [4.78, 5) is 16.3. The molecule has 4 heteroatoms. The van der Waals surface area contributed by atoms with Gasteiger partial charge < -0.3 is 9.47 Å². The summed E-state index contributed by atoms with van der Waals surface area (Å²) in [5.41, 5.74) is 2.20. The first-order valence-electron chi connectivity index (χ1n) is 9.06. The lowest BCUT2D eigenvalue weighted by Crippen LogP contribution is -2.06. The molecule has 0 aliphatic carbocycles. The molecule has 3 aromatic carbocycles. The monoisotopic (exact) mass is 369 g/mol. The summed E-state index contributed by atoms with van der Waals surface area (Å²) in [7, 11) is 0. The summed E-state index contributed by atoms with van der Waals surface area (Å²) in [5.74, 6) is 0.476. The zero-order valence-corrected chi connectivity index (χ0v) is 15.2. The van der Waals surface area contributed by atoms with Gasteiger partial charge in [-0.3, -0.25) is 4.98 Å². The summed E-state index contributed by atoms with van der Waals surface area (Å²) in [6, 6.07) is 26.9. The van der Waals surface area contributed by atoms with Gasteiger partial charge in [-0.2, -0.15) is 0 Å². The van der Waals surface area contributed by atoms with E-state index in [4.69, 9.17) is 9.47 Å². The Morgan fingerprint density at radius 1 is 0.786 bits per heavy atom. The number of hydrogen-bond acceptors (Lipinski definition) is 4. The molecule has 138 valence electrons. The van der Waals surface area contributed by atoms with Crippen LogP contribution in [0.5, 0.6) is 5.75 Å². The van der Waals surface area contributed by atoms with E-state index in [2.05, 4.69) is 17.1 Å². The maximum absolute atomic E-state index is 12.2. The van der Waals surface area contributed by atoms with Gasteiger partial charge in [0, 0.05) is 11.6 Å². The van der Waals surface area contributed by atoms with Crippen molar-refractivity contribution >= 4 is 16.7 Å². The maximum Gasteiger partial charge on any atom is 0.338 e. The summed E-state index contributed by atoms with van der Waals surface area (Å²) in [6.45, 7) is 0.586. The minimum atomic E-state index is -0.368. The molecule has 0 N–H and O–H groups in total. The molecule has 4 aromatic rings. The first-order valence-corrected chi connectivity index (χ1v) is 9.06. The molecule has 0 saturated heterocycles. The average molecular weight is 369 g/mol. The second kappa shape index (κ2) is 8.35. The van der Waals surface area contributed by atoms with Gasteiger partial charge in [-0.1, -0.05) is 54.6 Å². The van der Waals surface area contributed by atoms with Crippen LogP contribution < -0.4 is 4.74 Å². The third-order valence-electron chi connectivity index (χ3n) is 4.41. The summed E-state index contributed by atoms with van der Waals surface area (Å²) in [6.07, 6.45) is 1.67. The van der Waals surface area contributed by atoms with Gasteiger partial charge in [0.1, 0.15) is 19.0 Å². The molecule has 0 unspecified atom stereocenters. The molecular weight excluding hydrogens is 350 g/mol. The van der Waals surface area contributed by atoms with Gasteiger partial charge in [-0.25, -0.2) is 4.79 Å². The van der Waals surface area contributed by atoms with Crippen molar-refractivity contribution < 1.29 is 14.3 Å². The van der Waals surface area contributed by atoms with Crippen LogP contribution in [0.1, 0.15) is 21.6 Å². The number of hydrogen-bond donors (Lipinski definition) is 0. The van der Waals surface area contributed by atoms with Gasteiger partial charge in [-0.15, -0.1) is 0 Å². The van der Waals surface area contributed by atoms with Gasteiger partial charge in [0.15, 0.2) is 0 Å². The minimum absolute atomic E-state index is 0.158. The highest BCUT2D eigenvalue weighted by atomic mass is 16.5. The summed E-state index contributed by atoms with van der Waals surface area (Å²) >= 11 is 0. The molecule has 1 aromatic heterocycles. The Hall–Kier alpha value is -3.66. The molecule has 0 spiro atoms. The lowest BCUT2D eigenvalue weighted by molar-refractivity contribution is 0.0467. The van der Waals surface area contributed by atoms with Crippen molar-refractivity contribution in [2.45, 2.75) is 13.2 Å². The van der Waals surface area contributed by atoms with E-state index >= 15 is 0 Å². The van der Waals surface area contributed by atoms with Crippen molar-refractivity contribution in [2.75, 3.05) is 0 Å². The average Bonchev–Trinajstić information content (AvgIpc) is 2.77. The van der Waals surface area contributed by atoms with E-state index in [1.54, 1.807) is 18.3 Å². The van der Waals surface area contributed by atoms with Crippen molar-refractivity contribution in [1.29, 1.82) is 0 Å². The Kier molecular flexibility index (Phi) is 5.29. The van der Waals surface area contributed by atoms with Gasteiger partial charge in [0.25, 0.3) is 0 Å². The molecule has 0 radical (unpaired) electrons. The molecule has 28 heavy (non-hydrogen) atoms. The molecule has 4 nitrogen and oxygen atoms in total. The van der Waals surface area contributed by atoms with Crippen molar-refractivity contribution in [3.05, 3.63) is 108 Å². The Balaban J connectivity index is 1.37. The predicted molar refractivity (Wildman–Crippen MR) is 108 cm³/mol. The molecule has 0 bridgehead atoms. The quantitative estimate of drug-likeness (QED) is 0.440. The Morgan fingerprint density at radius 2 is 1.57 bits per heavy atom. The van der Waals surface area contributed by atoms with Gasteiger partial charge in [0.05, 0.1) is 11.3 Å². The van der Waals surface area contributed by atoms with E-state index in [-0.39, 0.29) is 12.6 Å². The summed E-state index contributed by atoms with van der Waals surface area (Å²) in [5, 5.41) is 2.23. The van der Waals surface area contributed by atoms with Crippen molar-refractivity contribution in [3.8, 4) is 5.75 Å². The third-order valence-corrected chi connectivity index (χ3v) is 4.41. The zero-order chi connectivity index (χ0) is 19.2. The molecule has 4 rings (SSSR count). The van der Waals surface area contributed by atoms with Crippen LogP contribution in [-0.4, -0.2) is 11.0 Å². The molecule has 0 atom stereocenters. The number of carbonyl (C=O) groups excluding carboxylic acids is 1. The van der Waals surface area contributed by atoms with Crippen LogP contribution in [0.3, 0.4) is 0 Å². The van der Waals surface area contributed by atoms with Crippen LogP contribution in [0.2, 0.25) is 0 Å². The minimum Gasteiger partial charge on any atom is -0.488 e. The highest BCUT2D eigenvalue weighted by Gasteiger charge is 2.08. The van der Waals surface area contributed by atoms with Crippen LogP contribution in [0.25, 0.3) is 10.8 Å². The first kappa shape index (κ1) is 17.7. The largest absolute Gasteiger partial charge is 0.488 e. The van der Waals surface area contributed by atoms with Gasteiger partial charge >= 0.3 is 5.97 Å². The fourth-order valence-corrected chi connectivity index (χ4v) is 2.93. The molecule has 0 fully saturated rings. The van der Waals surface area contributed by atoms with Crippen LogP contribution in [0, 0.1) is 0 Å². The molecule has 1 heterocycles. The van der Waals surface area contributed by atoms with E-state index in [1.165, 1.54) is 0 Å². The Morgan fingerprint density at radius 3 is 2.39 bits per heavy atom. The number of benzene rings is 3. The number of fused-ring (bicyclic) bond motifs is 1. The van der Waals surface area contributed by atoms with Crippen LogP contribution in [0.15, 0.2) is 91.1 Å². The van der Waals surface area contributed by atoms with Crippen LogP contribution in [-0.2, 0) is 18.0 Å². The third kappa shape index (κ3) is 4.18. The topological polar surface area (TPSA) is 48.4 Å². The predicted octanol–water partition coefficient (Wildman–Crippen LogP) is 5.17. The number of esters is 1. The molecule has 0 aliphatic heterocycles. The van der Waals surface area contributed by atoms with Crippen LogP contribution in [0.4, 0.5) is 0 Å². The first-order chi connectivity index (χ1) is 13.8. The zero-order valence-electron chi connectivity index (χ0n) is 15.2. The molecule has 0 aliphatic rings. The van der Waals surface area contributed by atoms with E-state index in [1.807, 2.05) is 60.7 Å². The summed E-state index contributed by atoms with van der Waals surface area (Å²) < 4.78 is 11.3. The van der Waals surface area contributed by atoms with E-state index in [9.17, 15) is 4.79 Å². The lowest BCUT2D eigenvalue weighted by atomic mass is 10.1. The second-order valence-electron chi connectivity index (χ2n) is 6.36. The Bertz CT molecular complexity index is 1070. The fourth-order valence-electron chi connectivity index (χ4n) is 2.93. The lowest BCUT2D eigenvalue weighted by Gasteiger charge is -2.10. The van der Waals surface area contributed by atoms with E-state index in [0.29, 0.717) is 12.2 Å². The SMILES string of the molecule is O=C(OCc1ccccn1)c1ccc(COc2cccc3ccccc23)cc1. The molecule has 0 saturated carbocycles. The number of pyridine rings is 1. The highest BCUT2D eigenvalue weighted by molar-refractivity contribution is 5.89. The van der Waals surface area contributed by atoms with Gasteiger partial charge in [-0.05, 0) is 41.3 Å². The number of nitrogens with zero attached hydrogens (tertiary/aromatic N) is 1. The van der Waals surface area contributed by atoms with Crippen LogP contribution >= 0.6 is 0 Å². The van der Waals surface area contributed by atoms with Crippen molar-refractivity contribution in [1.82, 2.24) is 4.98 Å². The molecule has 0 amide bonds. The maximum atomic E-state index is 12.2. The highest BCUT2D eigenvalue weighted by Crippen LogP contribution is 2.26. The van der Waals surface area contributed by atoms with Crippen molar-refractivity contribution in [3.63, 3.8) is 0 Å². The van der Waals surface area contributed by atoms with E-state index in [0.717, 1.165) is 27.8 Å². The van der Waals surface area contributed by atoms with Gasteiger partial charge in [0.2, 0.25) is 0 Å². The number of ether oxygens (including phenoxy) is 2. The number of rotatable bonds is 6. The van der Waals surface area contributed by atoms with E-state index < -0.39 is 0 Å². The standard InChI is InChI=1S/C24H19NO3/c26-24(28-17-21-8-3-4-15-25-21)20-13-11-18(12-14-20)16-27-23-10-5-7-19-6-1-2-9-22(19)23/h1-15H,16-17H2. The number of aromatic nitrogens is 1. The molecular formula is C24H19NO3. The smallest absolute Gasteiger partial charge is 0.338 e. The Labute approximate surface area is 163 Å². The number of carbonyl (C=O) groups is 1.